The summed E-state index contributed by atoms with van der Waals surface area (Å²) in [6.07, 6.45) is 0.870. The van der Waals surface area contributed by atoms with Crippen molar-refractivity contribution in [3.8, 4) is 89.8 Å². The van der Waals surface area contributed by atoms with E-state index in [1.54, 1.807) is 0 Å². The van der Waals surface area contributed by atoms with Crippen LogP contribution < -0.4 is 0 Å². The van der Waals surface area contributed by atoms with E-state index in [9.17, 15) is 0 Å². The fourth-order valence-electron chi connectivity index (χ4n) is 9.27. The van der Waals surface area contributed by atoms with Gasteiger partial charge in [-0.2, -0.15) is 0 Å². The topological polar surface area (TPSA) is 38.7 Å². The fourth-order valence-corrected chi connectivity index (χ4v) is 9.27. The lowest BCUT2D eigenvalue weighted by Gasteiger charge is -2.22. The third-order valence-electron chi connectivity index (χ3n) is 12.2. The maximum absolute atomic E-state index is 5.11. The van der Waals surface area contributed by atoms with E-state index in [1.807, 2.05) is 24.3 Å². The van der Waals surface area contributed by atoms with Crippen molar-refractivity contribution < 1.29 is 0 Å². The molecular formula is C55H39N3. The highest BCUT2D eigenvalue weighted by Gasteiger charge is 2.35. The number of hydrogen-bond donors (Lipinski definition) is 0. The van der Waals surface area contributed by atoms with E-state index < -0.39 is 0 Å². The Labute approximate surface area is 339 Å². The molecule has 58 heavy (non-hydrogen) atoms. The number of aromatic nitrogens is 3. The smallest absolute Gasteiger partial charge is 0.164 e. The van der Waals surface area contributed by atoms with Crippen LogP contribution in [0.5, 0.6) is 0 Å². The molecule has 0 radical (unpaired) electrons. The maximum atomic E-state index is 5.11. The average molecular weight is 742 g/mol. The van der Waals surface area contributed by atoms with Gasteiger partial charge in [0.25, 0.3) is 0 Å². The summed E-state index contributed by atoms with van der Waals surface area (Å²) in [5.74, 6) is 1.95. The first-order chi connectivity index (χ1) is 28.5. The first-order valence-corrected chi connectivity index (χ1v) is 20.1. The third-order valence-corrected chi connectivity index (χ3v) is 12.2. The van der Waals surface area contributed by atoms with Crippen molar-refractivity contribution in [2.24, 2.45) is 0 Å². The Morgan fingerprint density at radius 3 is 1.40 bits per heavy atom. The number of fused-ring (bicyclic) bond motifs is 6. The van der Waals surface area contributed by atoms with Gasteiger partial charge in [0.05, 0.1) is 0 Å². The van der Waals surface area contributed by atoms with E-state index in [2.05, 4.69) is 178 Å². The molecule has 0 atom stereocenters. The third kappa shape index (κ3) is 5.62. The zero-order valence-corrected chi connectivity index (χ0v) is 32.4. The molecule has 0 saturated heterocycles. The Hall–Kier alpha value is -7.23. The van der Waals surface area contributed by atoms with Crippen LogP contribution in [0, 0.1) is 0 Å². The van der Waals surface area contributed by atoms with E-state index in [0.29, 0.717) is 17.5 Å². The van der Waals surface area contributed by atoms with Gasteiger partial charge >= 0.3 is 0 Å². The van der Waals surface area contributed by atoms with Crippen LogP contribution in [-0.4, -0.2) is 15.0 Å². The highest BCUT2D eigenvalue weighted by Crippen LogP contribution is 2.51. The van der Waals surface area contributed by atoms with Crippen molar-refractivity contribution in [1.82, 2.24) is 15.0 Å². The number of rotatable bonds is 6. The Kier molecular flexibility index (Phi) is 7.90. The van der Waals surface area contributed by atoms with Crippen molar-refractivity contribution >= 4 is 0 Å². The minimum atomic E-state index is -0.0464. The molecule has 3 heteroatoms. The standard InChI is InChI=1S/C55H39N3/c1-55(2)50-25-10-9-20-46(50)47-31-30-40(33-51(47)55)43-22-13-24-45-44-23-12-21-42(48(44)34-49(43)45)39-18-11-19-41(32-39)54-57-52(37-16-7-4-8-17-37)56-53(58-54)38-28-26-36(27-29-38)35-14-5-3-6-15-35/h3-33H,34H2,1-2H3. The fraction of sp³-hybridized carbons (Fsp3) is 0.0727. The summed E-state index contributed by atoms with van der Waals surface area (Å²) in [5, 5.41) is 0. The van der Waals surface area contributed by atoms with Crippen molar-refractivity contribution in [2.45, 2.75) is 25.7 Å². The minimum Gasteiger partial charge on any atom is -0.208 e. The van der Waals surface area contributed by atoms with Gasteiger partial charge in [-0.1, -0.05) is 190 Å². The molecule has 0 spiro atoms. The van der Waals surface area contributed by atoms with Gasteiger partial charge in [0.15, 0.2) is 17.5 Å². The highest BCUT2D eigenvalue weighted by atomic mass is 15.0. The SMILES string of the molecule is CC1(C)c2ccccc2-c2ccc(-c3cccc4c3Cc3c(-c5cccc(-c6nc(-c7ccccc7)nc(-c7ccc(-c8ccccc8)cc7)n6)c5)cccc3-4)cc21. The molecule has 11 rings (SSSR count). The van der Waals surface area contributed by atoms with Gasteiger partial charge < -0.3 is 0 Å². The van der Waals surface area contributed by atoms with Gasteiger partial charge in [-0.05, 0) is 96.4 Å². The molecule has 0 fully saturated rings. The summed E-state index contributed by atoms with van der Waals surface area (Å²) in [6.45, 7) is 4.72. The number of nitrogens with zero attached hydrogens (tertiary/aromatic N) is 3. The largest absolute Gasteiger partial charge is 0.208 e. The maximum Gasteiger partial charge on any atom is 0.164 e. The second kappa shape index (κ2) is 13.5. The van der Waals surface area contributed by atoms with Gasteiger partial charge in [0.2, 0.25) is 0 Å². The molecule has 0 unspecified atom stereocenters. The van der Waals surface area contributed by atoms with E-state index in [4.69, 9.17) is 15.0 Å². The second-order valence-electron chi connectivity index (χ2n) is 16.0. The van der Waals surface area contributed by atoms with Gasteiger partial charge in [0.1, 0.15) is 0 Å². The summed E-state index contributed by atoms with van der Waals surface area (Å²) in [7, 11) is 0. The molecule has 2 aliphatic rings. The van der Waals surface area contributed by atoms with Gasteiger partial charge in [-0.15, -0.1) is 0 Å². The molecule has 0 bridgehead atoms. The molecule has 0 amide bonds. The summed E-state index contributed by atoms with van der Waals surface area (Å²) < 4.78 is 0. The van der Waals surface area contributed by atoms with Crippen LogP contribution in [-0.2, 0) is 11.8 Å². The molecule has 0 aliphatic heterocycles. The summed E-state index contributed by atoms with van der Waals surface area (Å²) in [6, 6.07) is 67.3. The van der Waals surface area contributed by atoms with E-state index in [0.717, 1.165) is 34.2 Å². The van der Waals surface area contributed by atoms with Crippen LogP contribution in [0.2, 0.25) is 0 Å². The predicted molar refractivity (Wildman–Crippen MR) is 238 cm³/mol. The Morgan fingerprint density at radius 2 is 0.724 bits per heavy atom. The van der Waals surface area contributed by atoms with E-state index >= 15 is 0 Å². The molecule has 0 N–H and O–H groups in total. The van der Waals surface area contributed by atoms with Crippen molar-refractivity contribution in [3.05, 3.63) is 210 Å². The highest BCUT2D eigenvalue weighted by molar-refractivity contribution is 5.91. The summed E-state index contributed by atoms with van der Waals surface area (Å²) in [5.41, 5.74) is 21.0. The van der Waals surface area contributed by atoms with Gasteiger partial charge in [0, 0.05) is 22.1 Å². The van der Waals surface area contributed by atoms with E-state index in [1.165, 1.54) is 66.8 Å². The molecule has 8 aromatic carbocycles. The van der Waals surface area contributed by atoms with Crippen LogP contribution in [0.1, 0.15) is 36.1 Å². The molecule has 1 aromatic heterocycles. The normalized spacial score (nSPS) is 13.1. The van der Waals surface area contributed by atoms with Gasteiger partial charge in [-0.25, -0.2) is 15.0 Å². The van der Waals surface area contributed by atoms with Crippen molar-refractivity contribution in [2.75, 3.05) is 0 Å². The quantitative estimate of drug-likeness (QED) is 0.170. The zero-order chi connectivity index (χ0) is 38.8. The van der Waals surface area contributed by atoms with Crippen molar-refractivity contribution in [1.29, 1.82) is 0 Å². The lowest BCUT2D eigenvalue weighted by Crippen LogP contribution is -2.14. The molecule has 3 nitrogen and oxygen atoms in total. The zero-order valence-electron chi connectivity index (χ0n) is 32.4. The Bertz CT molecular complexity index is 3040. The lowest BCUT2D eigenvalue weighted by molar-refractivity contribution is 0.660. The first kappa shape index (κ1) is 34.1. The molecule has 1 heterocycles. The predicted octanol–water partition coefficient (Wildman–Crippen LogP) is 13.8. The number of benzene rings is 8. The number of hydrogen-bond acceptors (Lipinski definition) is 3. The van der Waals surface area contributed by atoms with E-state index in [-0.39, 0.29) is 5.41 Å². The molecular weight excluding hydrogens is 703 g/mol. The van der Waals surface area contributed by atoms with Gasteiger partial charge in [-0.3, -0.25) is 0 Å². The molecule has 0 saturated carbocycles. The average Bonchev–Trinajstić information content (AvgIpc) is 3.79. The lowest BCUT2D eigenvalue weighted by atomic mass is 9.81. The molecule has 274 valence electrons. The van der Waals surface area contributed by atoms with Crippen LogP contribution >= 0.6 is 0 Å². The van der Waals surface area contributed by atoms with Crippen LogP contribution in [0.3, 0.4) is 0 Å². The Morgan fingerprint density at radius 1 is 0.310 bits per heavy atom. The summed E-state index contributed by atoms with van der Waals surface area (Å²) in [4.78, 5) is 15.2. The van der Waals surface area contributed by atoms with Crippen LogP contribution in [0.25, 0.3) is 89.8 Å². The second-order valence-corrected chi connectivity index (χ2v) is 16.0. The van der Waals surface area contributed by atoms with Crippen LogP contribution in [0.15, 0.2) is 188 Å². The summed E-state index contributed by atoms with van der Waals surface area (Å²) >= 11 is 0. The molecule has 2 aliphatic carbocycles. The minimum absolute atomic E-state index is 0.0464. The van der Waals surface area contributed by atoms with Crippen LogP contribution in [0.4, 0.5) is 0 Å². The first-order valence-electron chi connectivity index (χ1n) is 20.1. The monoisotopic (exact) mass is 741 g/mol. The molecule has 9 aromatic rings. The Balaban J connectivity index is 0.965. The van der Waals surface area contributed by atoms with Crippen molar-refractivity contribution in [3.63, 3.8) is 0 Å².